The summed E-state index contributed by atoms with van der Waals surface area (Å²) in [4.78, 5) is 24.3. The highest BCUT2D eigenvalue weighted by molar-refractivity contribution is 5.85. The molecule has 1 aliphatic heterocycles. The predicted molar refractivity (Wildman–Crippen MR) is 93.8 cm³/mol. The van der Waals surface area contributed by atoms with Crippen LogP contribution in [-0.4, -0.2) is 54.3 Å². The number of nitrogens with one attached hydrogen (secondary N) is 1. The normalized spacial score (nSPS) is 20.0. The average molecular weight is 411 g/mol. The van der Waals surface area contributed by atoms with E-state index >= 15 is 0 Å². The summed E-state index contributed by atoms with van der Waals surface area (Å²) in [6.07, 6.45) is -4.60. The minimum absolute atomic E-state index is 0. The van der Waals surface area contributed by atoms with Gasteiger partial charge in [0.1, 0.15) is 5.75 Å². The Morgan fingerprint density at radius 1 is 1.33 bits per heavy atom. The third kappa shape index (κ3) is 6.59. The van der Waals surface area contributed by atoms with E-state index in [9.17, 15) is 22.8 Å². The Bertz CT molecular complexity index is 657. The Kier molecular flexibility index (Phi) is 8.36. The van der Waals surface area contributed by atoms with Gasteiger partial charge in [0.05, 0.1) is 25.0 Å². The number of aliphatic carboxylic acids is 1. The number of ether oxygens (including phenoxy) is 1. The molecule has 1 aromatic carbocycles. The molecular formula is C17H22ClF3N2O4. The van der Waals surface area contributed by atoms with Gasteiger partial charge < -0.3 is 15.2 Å². The van der Waals surface area contributed by atoms with E-state index in [4.69, 9.17) is 9.84 Å². The molecule has 0 aromatic heterocycles. The number of amides is 1. The van der Waals surface area contributed by atoms with E-state index in [1.54, 1.807) is 24.3 Å². The lowest BCUT2D eigenvalue weighted by molar-refractivity contribution is -0.188. The third-order valence-electron chi connectivity index (χ3n) is 4.20. The van der Waals surface area contributed by atoms with Crippen LogP contribution in [0.3, 0.4) is 0 Å². The molecule has 1 aliphatic rings. The fraction of sp³-hybridized carbons (Fsp3) is 0.529. The SMILES string of the molecule is CCOc1cccc(CNC(=O)CN2C[C@@H](C(F)(F)F)[C@H](C(=O)O)C2)c1.Cl. The molecular weight excluding hydrogens is 389 g/mol. The van der Waals surface area contributed by atoms with Crippen molar-refractivity contribution in [3.05, 3.63) is 29.8 Å². The number of carbonyl (C=O) groups excluding carboxylic acids is 1. The highest BCUT2D eigenvalue weighted by atomic mass is 35.5. The second-order valence-electron chi connectivity index (χ2n) is 6.14. The maximum atomic E-state index is 12.9. The fourth-order valence-electron chi connectivity index (χ4n) is 2.97. The van der Waals surface area contributed by atoms with Crippen molar-refractivity contribution in [1.82, 2.24) is 10.2 Å². The minimum atomic E-state index is -4.60. The summed E-state index contributed by atoms with van der Waals surface area (Å²) < 4.78 is 44.2. The zero-order valence-electron chi connectivity index (χ0n) is 14.7. The van der Waals surface area contributed by atoms with Crippen LogP contribution in [0.15, 0.2) is 24.3 Å². The molecule has 2 rings (SSSR count). The Morgan fingerprint density at radius 2 is 2.04 bits per heavy atom. The van der Waals surface area contributed by atoms with Crippen molar-refractivity contribution in [3.63, 3.8) is 0 Å². The van der Waals surface area contributed by atoms with E-state index in [1.165, 1.54) is 4.90 Å². The first-order valence-corrected chi connectivity index (χ1v) is 8.21. The minimum Gasteiger partial charge on any atom is -0.494 e. The highest BCUT2D eigenvalue weighted by Gasteiger charge is 2.52. The molecule has 1 saturated heterocycles. The van der Waals surface area contributed by atoms with Crippen LogP contribution in [0.25, 0.3) is 0 Å². The molecule has 152 valence electrons. The molecule has 1 fully saturated rings. The van der Waals surface area contributed by atoms with Crippen LogP contribution in [0.2, 0.25) is 0 Å². The summed E-state index contributed by atoms with van der Waals surface area (Å²) >= 11 is 0. The summed E-state index contributed by atoms with van der Waals surface area (Å²) in [6, 6.07) is 7.11. The lowest BCUT2D eigenvalue weighted by Crippen LogP contribution is -2.36. The lowest BCUT2D eigenvalue weighted by atomic mass is 9.96. The average Bonchev–Trinajstić information content (AvgIpc) is 2.98. The van der Waals surface area contributed by atoms with Gasteiger partial charge in [-0.3, -0.25) is 14.5 Å². The predicted octanol–water partition coefficient (Wildman–Crippen LogP) is 2.32. The third-order valence-corrected chi connectivity index (χ3v) is 4.20. The Balaban J connectivity index is 0.00000364. The maximum absolute atomic E-state index is 12.9. The largest absolute Gasteiger partial charge is 0.494 e. The zero-order valence-corrected chi connectivity index (χ0v) is 15.5. The maximum Gasteiger partial charge on any atom is 0.393 e. The van der Waals surface area contributed by atoms with Crippen molar-refractivity contribution < 1.29 is 32.6 Å². The van der Waals surface area contributed by atoms with E-state index in [-0.39, 0.29) is 32.0 Å². The standard InChI is InChI=1S/C17H21F3N2O4.ClH/c1-2-26-12-5-3-4-11(6-12)7-21-15(23)10-22-8-13(16(24)25)14(9-22)17(18,19)20;/h3-6,13-14H,2,7-10H2,1H3,(H,21,23)(H,24,25);1H/t13-,14-;/m1./s1. The van der Waals surface area contributed by atoms with Crippen LogP contribution in [0.5, 0.6) is 5.75 Å². The molecule has 1 heterocycles. The first kappa shape index (κ1) is 23.0. The van der Waals surface area contributed by atoms with Gasteiger partial charge in [-0.15, -0.1) is 12.4 Å². The van der Waals surface area contributed by atoms with Gasteiger partial charge >= 0.3 is 12.1 Å². The molecule has 1 amide bonds. The topological polar surface area (TPSA) is 78.9 Å². The van der Waals surface area contributed by atoms with Gasteiger partial charge in [-0.1, -0.05) is 12.1 Å². The van der Waals surface area contributed by atoms with Crippen molar-refractivity contribution in [2.45, 2.75) is 19.6 Å². The molecule has 6 nitrogen and oxygen atoms in total. The number of nitrogens with zero attached hydrogens (tertiary/aromatic N) is 1. The van der Waals surface area contributed by atoms with Crippen molar-refractivity contribution in [1.29, 1.82) is 0 Å². The molecule has 1 aromatic rings. The number of halogens is 4. The van der Waals surface area contributed by atoms with E-state index in [2.05, 4.69) is 5.32 Å². The smallest absolute Gasteiger partial charge is 0.393 e. The van der Waals surface area contributed by atoms with Crippen LogP contribution >= 0.6 is 12.4 Å². The molecule has 0 aliphatic carbocycles. The van der Waals surface area contributed by atoms with E-state index < -0.39 is 36.4 Å². The number of alkyl halides is 3. The highest BCUT2D eigenvalue weighted by Crippen LogP contribution is 2.37. The summed E-state index contributed by atoms with van der Waals surface area (Å²) in [6.45, 7) is 1.50. The number of carboxylic acids is 1. The molecule has 10 heteroatoms. The number of hydrogen-bond donors (Lipinski definition) is 2. The molecule has 27 heavy (non-hydrogen) atoms. The Morgan fingerprint density at radius 3 is 2.59 bits per heavy atom. The molecule has 0 radical (unpaired) electrons. The summed E-state index contributed by atoms with van der Waals surface area (Å²) in [5.41, 5.74) is 0.794. The van der Waals surface area contributed by atoms with Crippen molar-refractivity contribution in [2.24, 2.45) is 11.8 Å². The molecule has 0 bridgehead atoms. The number of benzene rings is 1. The van der Waals surface area contributed by atoms with E-state index in [0.29, 0.717) is 12.4 Å². The van der Waals surface area contributed by atoms with Crippen LogP contribution < -0.4 is 10.1 Å². The lowest BCUT2D eigenvalue weighted by Gasteiger charge is -2.18. The number of carbonyl (C=O) groups is 2. The Labute approximate surface area is 161 Å². The summed E-state index contributed by atoms with van der Waals surface area (Å²) in [7, 11) is 0. The van der Waals surface area contributed by atoms with Crippen LogP contribution in [0.4, 0.5) is 13.2 Å². The van der Waals surface area contributed by atoms with Crippen LogP contribution in [0.1, 0.15) is 12.5 Å². The number of likely N-dealkylation sites (tertiary alicyclic amines) is 1. The molecule has 2 atom stereocenters. The van der Waals surface area contributed by atoms with Crippen molar-refractivity contribution in [2.75, 3.05) is 26.2 Å². The number of hydrogen-bond acceptors (Lipinski definition) is 4. The second-order valence-corrected chi connectivity index (χ2v) is 6.14. The molecule has 2 N–H and O–H groups in total. The van der Waals surface area contributed by atoms with Gasteiger partial charge in [-0.2, -0.15) is 13.2 Å². The second kappa shape index (κ2) is 9.80. The molecule has 0 unspecified atom stereocenters. The van der Waals surface area contributed by atoms with Crippen molar-refractivity contribution in [3.8, 4) is 5.75 Å². The number of carboxylic acid groups (broad SMARTS) is 1. The van der Waals surface area contributed by atoms with Gasteiger partial charge in [0.2, 0.25) is 5.91 Å². The van der Waals surface area contributed by atoms with Gasteiger partial charge in [0, 0.05) is 19.6 Å². The zero-order chi connectivity index (χ0) is 19.3. The number of rotatable bonds is 7. The van der Waals surface area contributed by atoms with Gasteiger partial charge in [-0.05, 0) is 24.6 Å². The first-order chi connectivity index (χ1) is 12.2. The van der Waals surface area contributed by atoms with E-state index in [1.807, 2.05) is 6.92 Å². The molecule has 0 saturated carbocycles. The van der Waals surface area contributed by atoms with Crippen molar-refractivity contribution >= 4 is 24.3 Å². The summed E-state index contributed by atoms with van der Waals surface area (Å²) in [5, 5.41) is 11.6. The van der Waals surface area contributed by atoms with Gasteiger partial charge in [-0.25, -0.2) is 0 Å². The molecule has 0 spiro atoms. The monoisotopic (exact) mass is 410 g/mol. The van der Waals surface area contributed by atoms with Gasteiger partial charge in [0.15, 0.2) is 0 Å². The summed E-state index contributed by atoms with van der Waals surface area (Å²) in [5.74, 6) is -4.81. The fourth-order valence-corrected chi connectivity index (χ4v) is 2.97. The quantitative estimate of drug-likeness (QED) is 0.721. The van der Waals surface area contributed by atoms with E-state index in [0.717, 1.165) is 5.56 Å². The van der Waals surface area contributed by atoms with Crippen LogP contribution in [-0.2, 0) is 16.1 Å². The van der Waals surface area contributed by atoms with Gasteiger partial charge in [0.25, 0.3) is 0 Å². The first-order valence-electron chi connectivity index (χ1n) is 8.21. The Hall–Kier alpha value is -2.00. The van der Waals surface area contributed by atoms with Crippen LogP contribution in [0, 0.1) is 11.8 Å².